The standard InChI is InChI=1S/C17H23N3/c1-12(2)17-16(11-20(3)19-17)15-7-5-4-6-13(15)10-18-14-8-9-14/h4-7,11-12,14,18H,8-10H2,1-3H3. The molecule has 3 rings (SSSR count). The Morgan fingerprint density at radius 1 is 1.25 bits per heavy atom. The van der Waals surface area contributed by atoms with Crippen molar-refractivity contribution in [2.45, 2.75) is 45.2 Å². The van der Waals surface area contributed by atoms with E-state index in [1.165, 1.54) is 35.2 Å². The normalized spacial score (nSPS) is 15.0. The van der Waals surface area contributed by atoms with E-state index in [4.69, 9.17) is 0 Å². The molecular formula is C17H23N3. The second-order valence-corrected chi connectivity index (χ2v) is 6.07. The van der Waals surface area contributed by atoms with Crippen LogP contribution in [0, 0.1) is 0 Å². The highest BCUT2D eigenvalue weighted by molar-refractivity contribution is 5.69. The molecule has 1 aliphatic carbocycles. The molecule has 1 saturated carbocycles. The van der Waals surface area contributed by atoms with Crippen molar-refractivity contribution >= 4 is 0 Å². The maximum absolute atomic E-state index is 4.63. The summed E-state index contributed by atoms with van der Waals surface area (Å²) in [6.07, 6.45) is 4.80. The van der Waals surface area contributed by atoms with Crippen molar-refractivity contribution in [3.05, 3.63) is 41.7 Å². The number of hydrogen-bond acceptors (Lipinski definition) is 2. The Balaban J connectivity index is 1.96. The fourth-order valence-electron chi connectivity index (χ4n) is 2.62. The average Bonchev–Trinajstić information content (AvgIpc) is 3.18. The maximum Gasteiger partial charge on any atom is 0.0728 e. The first kappa shape index (κ1) is 13.4. The lowest BCUT2D eigenvalue weighted by Gasteiger charge is -2.11. The van der Waals surface area contributed by atoms with Gasteiger partial charge in [-0.05, 0) is 29.9 Å². The van der Waals surface area contributed by atoms with E-state index >= 15 is 0 Å². The van der Waals surface area contributed by atoms with Crippen LogP contribution in [0.2, 0.25) is 0 Å². The first-order valence-corrected chi connectivity index (χ1v) is 7.50. The van der Waals surface area contributed by atoms with E-state index in [1.807, 2.05) is 11.7 Å². The fourth-order valence-corrected chi connectivity index (χ4v) is 2.62. The molecule has 1 fully saturated rings. The summed E-state index contributed by atoms with van der Waals surface area (Å²) in [4.78, 5) is 0. The van der Waals surface area contributed by atoms with Gasteiger partial charge in [0.25, 0.3) is 0 Å². The maximum atomic E-state index is 4.63. The molecule has 0 amide bonds. The first-order valence-electron chi connectivity index (χ1n) is 7.50. The van der Waals surface area contributed by atoms with Crippen molar-refractivity contribution in [2.24, 2.45) is 7.05 Å². The van der Waals surface area contributed by atoms with E-state index in [9.17, 15) is 0 Å². The van der Waals surface area contributed by atoms with Crippen LogP contribution in [-0.2, 0) is 13.6 Å². The van der Waals surface area contributed by atoms with Crippen molar-refractivity contribution in [1.29, 1.82) is 0 Å². The lowest BCUT2D eigenvalue weighted by atomic mass is 9.96. The smallest absolute Gasteiger partial charge is 0.0728 e. The van der Waals surface area contributed by atoms with Crippen LogP contribution in [0.5, 0.6) is 0 Å². The molecule has 1 aromatic carbocycles. The zero-order chi connectivity index (χ0) is 14.1. The number of rotatable bonds is 5. The Bertz CT molecular complexity index is 594. The summed E-state index contributed by atoms with van der Waals surface area (Å²) in [5.74, 6) is 0.440. The van der Waals surface area contributed by atoms with E-state index < -0.39 is 0 Å². The SMILES string of the molecule is CC(C)c1nn(C)cc1-c1ccccc1CNC1CC1. The van der Waals surface area contributed by atoms with Gasteiger partial charge < -0.3 is 5.32 Å². The average molecular weight is 269 g/mol. The van der Waals surface area contributed by atoms with Crippen molar-refractivity contribution < 1.29 is 0 Å². The monoisotopic (exact) mass is 269 g/mol. The zero-order valence-electron chi connectivity index (χ0n) is 12.6. The summed E-state index contributed by atoms with van der Waals surface area (Å²) in [6.45, 7) is 5.36. The van der Waals surface area contributed by atoms with Crippen LogP contribution < -0.4 is 5.32 Å². The molecule has 0 unspecified atom stereocenters. The van der Waals surface area contributed by atoms with Gasteiger partial charge in [0.1, 0.15) is 0 Å². The predicted molar refractivity (Wildman–Crippen MR) is 82.6 cm³/mol. The van der Waals surface area contributed by atoms with Gasteiger partial charge in [0, 0.05) is 31.4 Å². The molecule has 0 bridgehead atoms. The van der Waals surface area contributed by atoms with Gasteiger partial charge >= 0.3 is 0 Å². The number of nitrogens with one attached hydrogen (secondary N) is 1. The predicted octanol–water partition coefficient (Wildman–Crippen LogP) is 3.46. The number of hydrogen-bond donors (Lipinski definition) is 1. The fraction of sp³-hybridized carbons (Fsp3) is 0.471. The van der Waals surface area contributed by atoms with Crippen molar-refractivity contribution in [3.8, 4) is 11.1 Å². The molecule has 0 atom stereocenters. The third-order valence-corrected chi connectivity index (χ3v) is 3.87. The van der Waals surface area contributed by atoms with E-state index in [-0.39, 0.29) is 0 Å². The van der Waals surface area contributed by atoms with Gasteiger partial charge in [-0.2, -0.15) is 5.10 Å². The van der Waals surface area contributed by atoms with Gasteiger partial charge in [-0.1, -0.05) is 38.1 Å². The number of aryl methyl sites for hydroxylation is 1. The molecule has 0 aliphatic heterocycles. The molecule has 0 saturated heterocycles. The molecule has 1 aromatic heterocycles. The summed E-state index contributed by atoms with van der Waals surface area (Å²) in [5.41, 5.74) is 5.15. The highest BCUT2D eigenvalue weighted by Crippen LogP contribution is 2.31. The summed E-state index contributed by atoms with van der Waals surface area (Å²) >= 11 is 0. The minimum absolute atomic E-state index is 0.440. The van der Waals surface area contributed by atoms with Gasteiger partial charge in [-0.15, -0.1) is 0 Å². The largest absolute Gasteiger partial charge is 0.310 e. The van der Waals surface area contributed by atoms with Crippen LogP contribution in [0.25, 0.3) is 11.1 Å². The lowest BCUT2D eigenvalue weighted by Crippen LogP contribution is -2.15. The Hall–Kier alpha value is -1.61. The van der Waals surface area contributed by atoms with E-state index in [1.54, 1.807) is 0 Å². The second kappa shape index (κ2) is 5.41. The van der Waals surface area contributed by atoms with E-state index in [2.05, 4.69) is 54.7 Å². The van der Waals surface area contributed by atoms with Gasteiger partial charge in [-0.25, -0.2) is 0 Å². The molecule has 0 radical (unpaired) electrons. The molecular weight excluding hydrogens is 246 g/mol. The number of aromatic nitrogens is 2. The summed E-state index contributed by atoms with van der Waals surface area (Å²) < 4.78 is 1.93. The summed E-state index contributed by atoms with van der Waals surface area (Å²) in [6, 6.07) is 9.42. The number of nitrogens with zero attached hydrogens (tertiary/aromatic N) is 2. The number of benzene rings is 1. The van der Waals surface area contributed by atoms with E-state index in [0.717, 1.165) is 12.6 Å². The third-order valence-electron chi connectivity index (χ3n) is 3.87. The van der Waals surface area contributed by atoms with Gasteiger partial charge in [0.05, 0.1) is 5.69 Å². The molecule has 1 heterocycles. The molecule has 1 N–H and O–H groups in total. The Morgan fingerprint density at radius 3 is 2.70 bits per heavy atom. The first-order chi connectivity index (χ1) is 9.65. The zero-order valence-corrected chi connectivity index (χ0v) is 12.6. The Kier molecular flexibility index (Phi) is 3.62. The van der Waals surface area contributed by atoms with Crippen LogP contribution in [-0.4, -0.2) is 15.8 Å². The molecule has 106 valence electrons. The van der Waals surface area contributed by atoms with Crippen molar-refractivity contribution in [1.82, 2.24) is 15.1 Å². The van der Waals surface area contributed by atoms with Crippen LogP contribution in [0.4, 0.5) is 0 Å². The highest BCUT2D eigenvalue weighted by atomic mass is 15.3. The molecule has 20 heavy (non-hydrogen) atoms. The topological polar surface area (TPSA) is 29.9 Å². The van der Waals surface area contributed by atoms with Crippen LogP contribution in [0.3, 0.4) is 0 Å². The van der Waals surface area contributed by atoms with Crippen LogP contribution >= 0.6 is 0 Å². The quantitative estimate of drug-likeness (QED) is 0.901. The molecule has 0 spiro atoms. The van der Waals surface area contributed by atoms with Crippen LogP contribution in [0.1, 0.15) is 43.9 Å². The second-order valence-electron chi connectivity index (χ2n) is 6.07. The van der Waals surface area contributed by atoms with Crippen molar-refractivity contribution in [3.63, 3.8) is 0 Å². The van der Waals surface area contributed by atoms with Crippen molar-refractivity contribution in [2.75, 3.05) is 0 Å². The third kappa shape index (κ3) is 2.78. The summed E-state index contributed by atoms with van der Waals surface area (Å²) in [7, 11) is 2.00. The Morgan fingerprint density at radius 2 is 2.00 bits per heavy atom. The summed E-state index contributed by atoms with van der Waals surface area (Å²) in [5, 5.41) is 8.24. The lowest BCUT2D eigenvalue weighted by molar-refractivity contribution is 0.688. The molecule has 3 heteroatoms. The molecule has 2 aromatic rings. The highest BCUT2D eigenvalue weighted by Gasteiger charge is 2.21. The minimum atomic E-state index is 0.440. The van der Waals surface area contributed by atoms with Gasteiger partial charge in [0.2, 0.25) is 0 Å². The van der Waals surface area contributed by atoms with E-state index in [0.29, 0.717) is 5.92 Å². The minimum Gasteiger partial charge on any atom is -0.310 e. The van der Waals surface area contributed by atoms with Crippen LogP contribution in [0.15, 0.2) is 30.5 Å². The Labute approximate surface area is 121 Å². The van der Waals surface area contributed by atoms with Gasteiger partial charge in [0.15, 0.2) is 0 Å². The molecule has 3 nitrogen and oxygen atoms in total. The molecule has 1 aliphatic rings. The van der Waals surface area contributed by atoms with Gasteiger partial charge in [-0.3, -0.25) is 4.68 Å².